The second kappa shape index (κ2) is 6.41. The number of anilines is 1. The number of benzene rings is 1. The number of ether oxygens (including phenoxy) is 1. The van der Waals surface area contributed by atoms with Crippen molar-refractivity contribution in [3.8, 4) is 5.75 Å². The molecule has 0 saturated heterocycles. The second-order valence-electron chi connectivity index (χ2n) is 5.41. The van der Waals surface area contributed by atoms with Crippen LogP contribution in [0.3, 0.4) is 0 Å². The van der Waals surface area contributed by atoms with Crippen molar-refractivity contribution in [2.24, 2.45) is 0 Å². The number of hydrogen-bond donors (Lipinski definition) is 1. The fourth-order valence-electron chi connectivity index (χ4n) is 2.41. The van der Waals surface area contributed by atoms with E-state index in [4.69, 9.17) is 9.15 Å². The molecule has 6 heteroatoms. The largest absolute Gasteiger partial charge is 0.508 e. The summed E-state index contributed by atoms with van der Waals surface area (Å²) in [4.78, 5) is 13.9. The molecule has 0 unspecified atom stereocenters. The molecule has 0 saturated carbocycles. The van der Waals surface area contributed by atoms with Gasteiger partial charge in [-0.05, 0) is 23.8 Å². The molecule has 0 fully saturated rings. The molecule has 0 amide bonds. The maximum absolute atomic E-state index is 11.8. The van der Waals surface area contributed by atoms with E-state index in [2.05, 4.69) is 11.5 Å². The lowest BCUT2D eigenvalue weighted by Crippen LogP contribution is -2.14. The lowest BCUT2D eigenvalue weighted by Gasteiger charge is -2.17. The topological polar surface area (TPSA) is 62.9 Å². The summed E-state index contributed by atoms with van der Waals surface area (Å²) >= 11 is 1.48. The molecule has 5 nitrogen and oxygen atoms in total. The molecule has 1 N–H and O–H groups in total. The molecule has 1 aromatic carbocycles. The highest BCUT2D eigenvalue weighted by atomic mass is 32.1. The van der Waals surface area contributed by atoms with Crippen LogP contribution in [0, 0.1) is 0 Å². The van der Waals surface area contributed by atoms with Crippen LogP contribution in [0.4, 0.5) is 5.00 Å². The van der Waals surface area contributed by atoms with Crippen LogP contribution in [-0.4, -0.2) is 19.3 Å². The minimum Gasteiger partial charge on any atom is -0.508 e. The Hall–Kier alpha value is -2.73. The van der Waals surface area contributed by atoms with Crippen molar-refractivity contribution >= 4 is 32.4 Å². The van der Waals surface area contributed by atoms with E-state index in [9.17, 15) is 9.90 Å². The molecule has 0 bridgehead atoms. The van der Waals surface area contributed by atoms with E-state index < -0.39 is 5.63 Å². The average Bonchev–Trinajstić information content (AvgIpc) is 2.97. The van der Waals surface area contributed by atoms with Crippen LogP contribution >= 0.6 is 11.3 Å². The summed E-state index contributed by atoms with van der Waals surface area (Å²) in [6, 6.07) is 11.3. The van der Waals surface area contributed by atoms with Gasteiger partial charge < -0.3 is 19.2 Å². The van der Waals surface area contributed by atoms with Gasteiger partial charge in [0, 0.05) is 19.7 Å². The number of nitrogens with zero attached hydrogens (tertiary/aromatic N) is 1. The molecular formula is C18H17NO4S. The van der Waals surface area contributed by atoms with E-state index in [1.165, 1.54) is 11.3 Å². The van der Waals surface area contributed by atoms with Gasteiger partial charge >= 0.3 is 5.63 Å². The van der Waals surface area contributed by atoms with Crippen molar-refractivity contribution < 1.29 is 14.3 Å². The fraction of sp³-hybridized carbons (Fsp3) is 0.167. The predicted molar refractivity (Wildman–Crippen MR) is 97.1 cm³/mol. The molecule has 0 radical (unpaired) electrons. The van der Waals surface area contributed by atoms with Crippen LogP contribution in [0.5, 0.6) is 5.75 Å². The first-order valence-corrected chi connectivity index (χ1v) is 8.09. The summed E-state index contributed by atoms with van der Waals surface area (Å²) in [5.74, 6) is 0.527. The van der Waals surface area contributed by atoms with Gasteiger partial charge in [-0.15, -0.1) is 11.3 Å². The Bertz CT molecular complexity index is 957. The highest BCUT2D eigenvalue weighted by Gasteiger charge is 2.13. The van der Waals surface area contributed by atoms with Crippen LogP contribution in [0.15, 0.2) is 52.2 Å². The molecule has 2 heterocycles. The molecule has 0 aliphatic heterocycles. The summed E-state index contributed by atoms with van der Waals surface area (Å²) in [5, 5.41) is 10.4. The van der Waals surface area contributed by atoms with Gasteiger partial charge in [0.15, 0.2) is 5.58 Å². The molecule has 0 atom stereocenters. The van der Waals surface area contributed by atoms with Gasteiger partial charge in [0.25, 0.3) is 0 Å². The van der Waals surface area contributed by atoms with Crippen LogP contribution in [0.1, 0.15) is 11.1 Å². The Labute approximate surface area is 143 Å². The molecule has 24 heavy (non-hydrogen) atoms. The first-order chi connectivity index (χ1) is 11.5. The average molecular weight is 343 g/mol. The van der Waals surface area contributed by atoms with Crippen molar-refractivity contribution in [3.05, 3.63) is 64.5 Å². The van der Waals surface area contributed by atoms with Gasteiger partial charge in [-0.25, -0.2) is 4.79 Å². The number of rotatable bonds is 5. The number of fused-ring (bicyclic) bond motifs is 1. The Morgan fingerprint density at radius 3 is 2.88 bits per heavy atom. The highest BCUT2D eigenvalue weighted by molar-refractivity contribution is 7.22. The van der Waals surface area contributed by atoms with Gasteiger partial charge in [-0.1, -0.05) is 18.7 Å². The SMILES string of the molecule is C=C(O)c1cc2sc(N(C)Cc3cccc(OC)c3)cc2oc1=O. The van der Waals surface area contributed by atoms with E-state index in [1.807, 2.05) is 37.4 Å². The fourth-order valence-corrected chi connectivity index (χ4v) is 3.40. The molecule has 0 aliphatic carbocycles. The van der Waals surface area contributed by atoms with Gasteiger partial charge in [-0.3, -0.25) is 0 Å². The van der Waals surface area contributed by atoms with Crippen LogP contribution in [0.2, 0.25) is 0 Å². The zero-order valence-electron chi connectivity index (χ0n) is 13.4. The zero-order chi connectivity index (χ0) is 17.3. The van der Waals surface area contributed by atoms with E-state index in [0.29, 0.717) is 12.1 Å². The third kappa shape index (κ3) is 3.14. The predicted octanol–water partition coefficient (Wildman–Crippen LogP) is 4.03. The number of thiophene rings is 1. The highest BCUT2D eigenvalue weighted by Crippen LogP contribution is 2.33. The van der Waals surface area contributed by atoms with E-state index >= 15 is 0 Å². The van der Waals surface area contributed by atoms with E-state index in [-0.39, 0.29) is 11.3 Å². The van der Waals surface area contributed by atoms with Gasteiger partial charge in [0.05, 0.1) is 16.8 Å². The number of methoxy groups -OCH3 is 1. The van der Waals surface area contributed by atoms with E-state index in [0.717, 1.165) is 21.0 Å². The first kappa shape index (κ1) is 16.1. The molecule has 3 rings (SSSR count). The second-order valence-corrected chi connectivity index (χ2v) is 6.48. The molecule has 3 aromatic rings. The number of aliphatic hydroxyl groups is 1. The lowest BCUT2D eigenvalue weighted by molar-refractivity contribution is 0.414. The number of aliphatic hydroxyl groups excluding tert-OH is 1. The van der Waals surface area contributed by atoms with Crippen molar-refractivity contribution in [2.75, 3.05) is 19.1 Å². The molecule has 0 spiro atoms. The molecule has 0 aliphatic rings. The third-order valence-corrected chi connectivity index (χ3v) is 4.83. The zero-order valence-corrected chi connectivity index (χ0v) is 14.2. The lowest BCUT2D eigenvalue weighted by atomic mass is 10.2. The molecular weight excluding hydrogens is 326 g/mol. The Kier molecular flexibility index (Phi) is 4.31. The van der Waals surface area contributed by atoms with E-state index in [1.54, 1.807) is 13.2 Å². The first-order valence-electron chi connectivity index (χ1n) is 7.28. The standard InChI is InChI=1S/C18H17NO4S/c1-11(20)14-8-16-15(23-18(14)21)9-17(24-16)19(2)10-12-5-4-6-13(7-12)22-3/h4-9,20H,1,10H2,2-3H3. The van der Waals surface area contributed by atoms with Crippen molar-refractivity contribution in [1.82, 2.24) is 0 Å². The smallest absolute Gasteiger partial charge is 0.347 e. The van der Waals surface area contributed by atoms with Crippen molar-refractivity contribution in [1.29, 1.82) is 0 Å². The maximum atomic E-state index is 11.8. The summed E-state index contributed by atoms with van der Waals surface area (Å²) in [7, 11) is 3.61. The minimum atomic E-state index is -0.588. The third-order valence-electron chi connectivity index (χ3n) is 3.65. The Balaban J connectivity index is 1.91. The minimum absolute atomic E-state index is 0.0892. The molecule has 124 valence electrons. The van der Waals surface area contributed by atoms with Gasteiger partial charge in [0.1, 0.15) is 17.1 Å². The maximum Gasteiger partial charge on any atom is 0.347 e. The summed E-state index contributed by atoms with van der Waals surface area (Å²) < 4.78 is 11.3. The quantitative estimate of drug-likeness (QED) is 0.709. The molecule has 2 aromatic heterocycles. The summed E-state index contributed by atoms with van der Waals surface area (Å²) in [5.41, 5.74) is 1.11. The normalized spacial score (nSPS) is 10.8. The Morgan fingerprint density at radius 2 is 2.17 bits per heavy atom. The van der Waals surface area contributed by atoms with Gasteiger partial charge in [-0.2, -0.15) is 0 Å². The van der Waals surface area contributed by atoms with Crippen molar-refractivity contribution in [2.45, 2.75) is 6.54 Å². The van der Waals surface area contributed by atoms with Crippen LogP contribution in [-0.2, 0) is 6.54 Å². The number of hydrogen-bond acceptors (Lipinski definition) is 6. The van der Waals surface area contributed by atoms with Crippen LogP contribution in [0.25, 0.3) is 16.0 Å². The Morgan fingerprint density at radius 1 is 1.38 bits per heavy atom. The van der Waals surface area contributed by atoms with Crippen molar-refractivity contribution in [3.63, 3.8) is 0 Å². The summed E-state index contributed by atoms with van der Waals surface area (Å²) in [6.07, 6.45) is 0. The summed E-state index contributed by atoms with van der Waals surface area (Å²) in [6.45, 7) is 4.07. The monoisotopic (exact) mass is 343 g/mol. The van der Waals surface area contributed by atoms with Gasteiger partial charge in [0.2, 0.25) is 0 Å². The van der Waals surface area contributed by atoms with Crippen LogP contribution < -0.4 is 15.3 Å².